The van der Waals surface area contributed by atoms with Gasteiger partial charge in [0.2, 0.25) is 0 Å². The molecule has 1 aliphatic rings. The minimum atomic E-state index is -3.14. The van der Waals surface area contributed by atoms with Crippen molar-refractivity contribution >= 4 is 15.8 Å². The molecule has 0 spiro atoms. The lowest BCUT2D eigenvalue weighted by atomic mass is 10.2. The second-order valence-electron chi connectivity index (χ2n) is 6.21. The molecule has 1 aliphatic heterocycles. The van der Waals surface area contributed by atoms with E-state index in [2.05, 4.69) is 14.5 Å². The number of hydrogen-bond acceptors (Lipinski definition) is 6. The van der Waals surface area contributed by atoms with Gasteiger partial charge in [0.15, 0.2) is 9.84 Å². The van der Waals surface area contributed by atoms with E-state index < -0.39 is 9.84 Å². The molecule has 0 radical (unpaired) electrons. The fourth-order valence-electron chi connectivity index (χ4n) is 2.86. The van der Waals surface area contributed by atoms with Crippen LogP contribution in [0.3, 0.4) is 0 Å². The van der Waals surface area contributed by atoms with Gasteiger partial charge in [0.25, 0.3) is 0 Å². The number of methoxy groups -OCH3 is 1. The number of sulfone groups is 1. The molecular weight excluding hydrogens is 328 g/mol. The summed E-state index contributed by atoms with van der Waals surface area (Å²) in [5.41, 5.74) is 1.12. The maximum absolute atomic E-state index is 11.5. The van der Waals surface area contributed by atoms with Crippen LogP contribution in [0.4, 0.5) is 0 Å². The Morgan fingerprint density at radius 2 is 1.71 bits per heavy atom. The second-order valence-corrected chi connectivity index (χ2v) is 8.23. The van der Waals surface area contributed by atoms with Gasteiger partial charge in [-0.15, -0.1) is 0 Å². The third-order valence-corrected chi connectivity index (χ3v) is 5.43. The first-order valence-corrected chi connectivity index (χ1v) is 10.1. The summed E-state index contributed by atoms with van der Waals surface area (Å²) in [4.78, 5) is 16.3. The monoisotopic (exact) mass is 354 g/mol. The zero-order valence-corrected chi connectivity index (χ0v) is 15.2. The summed E-state index contributed by atoms with van der Waals surface area (Å²) in [5, 5.41) is 0. The standard InChI is InChI=1S/C17H26N2O4S/c1-23-17(20)8-11-18-9-3-10-19(13-12-18)14-15-4-6-16(7-5-15)24(2,21)22/h4-7H,3,8-14H2,1-2H3. The van der Waals surface area contributed by atoms with Gasteiger partial charge in [0.05, 0.1) is 18.4 Å². The zero-order valence-electron chi connectivity index (χ0n) is 14.4. The maximum Gasteiger partial charge on any atom is 0.306 e. The molecule has 1 saturated heterocycles. The SMILES string of the molecule is COC(=O)CCN1CCCN(Cc2ccc(S(C)(=O)=O)cc2)CC1. The van der Waals surface area contributed by atoms with E-state index in [-0.39, 0.29) is 5.97 Å². The van der Waals surface area contributed by atoms with Gasteiger partial charge < -0.3 is 9.64 Å². The minimum Gasteiger partial charge on any atom is -0.469 e. The molecule has 6 nitrogen and oxygen atoms in total. The molecule has 0 bridgehead atoms. The summed E-state index contributed by atoms with van der Waals surface area (Å²) < 4.78 is 27.7. The molecule has 0 unspecified atom stereocenters. The van der Waals surface area contributed by atoms with Gasteiger partial charge in [-0.25, -0.2) is 8.42 Å². The van der Waals surface area contributed by atoms with Crippen molar-refractivity contribution < 1.29 is 17.9 Å². The van der Waals surface area contributed by atoms with E-state index in [1.807, 2.05) is 12.1 Å². The number of rotatable bonds is 6. The molecule has 1 aromatic rings. The molecule has 1 fully saturated rings. The first-order chi connectivity index (χ1) is 11.4. The number of esters is 1. The third-order valence-electron chi connectivity index (χ3n) is 4.30. The Labute approximate surface area is 144 Å². The molecular formula is C17H26N2O4S. The van der Waals surface area contributed by atoms with Gasteiger partial charge >= 0.3 is 5.97 Å². The number of ether oxygens (including phenoxy) is 1. The van der Waals surface area contributed by atoms with Gasteiger partial charge in [-0.3, -0.25) is 9.69 Å². The van der Waals surface area contributed by atoms with Crippen molar-refractivity contribution in [3.63, 3.8) is 0 Å². The van der Waals surface area contributed by atoms with Crippen LogP contribution in [0.25, 0.3) is 0 Å². The highest BCUT2D eigenvalue weighted by Gasteiger charge is 2.16. The van der Waals surface area contributed by atoms with Crippen molar-refractivity contribution in [2.24, 2.45) is 0 Å². The van der Waals surface area contributed by atoms with Gasteiger partial charge in [0, 0.05) is 32.4 Å². The number of hydrogen-bond donors (Lipinski definition) is 0. The Morgan fingerprint density at radius 3 is 2.33 bits per heavy atom. The molecule has 1 aromatic carbocycles. The van der Waals surface area contributed by atoms with E-state index in [0.717, 1.165) is 51.3 Å². The maximum atomic E-state index is 11.5. The van der Waals surface area contributed by atoms with Crippen LogP contribution in [0.1, 0.15) is 18.4 Å². The lowest BCUT2D eigenvalue weighted by molar-refractivity contribution is -0.140. The van der Waals surface area contributed by atoms with Crippen molar-refractivity contribution in [3.05, 3.63) is 29.8 Å². The molecule has 1 heterocycles. The quantitative estimate of drug-likeness (QED) is 0.714. The highest BCUT2D eigenvalue weighted by Crippen LogP contribution is 2.13. The Kier molecular flexibility index (Phi) is 6.77. The van der Waals surface area contributed by atoms with E-state index in [4.69, 9.17) is 0 Å². The normalized spacial score (nSPS) is 17.4. The van der Waals surface area contributed by atoms with Crippen LogP contribution in [0.2, 0.25) is 0 Å². The summed E-state index contributed by atoms with van der Waals surface area (Å²) >= 11 is 0. The number of benzene rings is 1. The predicted molar refractivity (Wildman–Crippen MR) is 92.5 cm³/mol. The summed E-state index contributed by atoms with van der Waals surface area (Å²) in [6.07, 6.45) is 2.71. The van der Waals surface area contributed by atoms with Crippen molar-refractivity contribution in [1.82, 2.24) is 9.80 Å². The van der Waals surface area contributed by atoms with Gasteiger partial charge in [-0.2, -0.15) is 0 Å². The van der Waals surface area contributed by atoms with Gasteiger partial charge in [-0.05, 0) is 37.2 Å². The van der Waals surface area contributed by atoms with Crippen molar-refractivity contribution in [3.8, 4) is 0 Å². The minimum absolute atomic E-state index is 0.165. The summed E-state index contributed by atoms with van der Waals surface area (Å²) in [6.45, 7) is 5.41. The smallest absolute Gasteiger partial charge is 0.306 e. The van der Waals surface area contributed by atoms with Gasteiger partial charge in [-0.1, -0.05) is 12.1 Å². The molecule has 134 valence electrons. The molecule has 0 saturated carbocycles. The Morgan fingerprint density at radius 1 is 1.08 bits per heavy atom. The van der Waals surface area contributed by atoms with Crippen LogP contribution >= 0.6 is 0 Å². The van der Waals surface area contributed by atoms with E-state index in [9.17, 15) is 13.2 Å². The topological polar surface area (TPSA) is 66.9 Å². The second kappa shape index (κ2) is 8.60. The Balaban J connectivity index is 1.85. The highest BCUT2D eigenvalue weighted by molar-refractivity contribution is 7.90. The molecule has 0 atom stereocenters. The lowest BCUT2D eigenvalue weighted by Crippen LogP contribution is -2.32. The zero-order chi connectivity index (χ0) is 17.6. The van der Waals surface area contributed by atoms with E-state index in [1.165, 1.54) is 13.4 Å². The average Bonchev–Trinajstić information content (AvgIpc) is 2.77. The van der Waals surface area contributed by atoms with Gasteiger partial charge in [0.1, 0.15) is 0 Å². The van der Waals surface area contributed by atoms with E-state index >= 15 is 0 Å². The summed E-state index contributed by atoms with van der Waals surface area (Å²) in [5.74, 6) is -0.165. The Hall–Kier alpha value is -1.44. The van der Waals surface area contributed by atoms with Crippen LogP contribution in [0.15, 0.2) is 29.2 Å². The van der Waals surface area contributed by atoms with Crippen LogP contribution in [0.5, 0.6) is 0 Å². The largest absolute Gasteiger partial charge is 0.469 e. The van der Waals surface area contributed by atoms with E-state index in [0.29, 0.717) is 11.3 Å². The number of nitrogens with zero attached hydrogens (tertiary/aromatic N) is 2. The fraction of sp³-hybridized carbons (Fsp3) is 0.588. The average molecular weight is 354 g/mol. The Bertz CT molecular complexity index is 643. The lowest BCUT2D eigenvalue weighted by Gasteiger charge is -2.21. The van der Waals surface area contributed by atoms with Crippen molar-refractivity contribution in [2.75, 3.05) is 46.1 Å². The van der Waals surface area contributed by atoms with E-state index in [1.54, 1.807) is 12.1 Å². The van der Waals surface area contributed by atoms with Crippen LogP contribution in [0, 0.1) is 0 Å². The third kappa shape index (κ3) is 5.89. The van der Waals surface area contributed by atoms with Crippen LogP contribution < -0.4 is 0 Å². The number of carbonyl (C=O) groups excluding carboxylic acids is 1. The highest BCUT2D eigenvalue weighted by atomic mass is 32.2. The molecule has 0 aliphatic carbocycles. The molecule has 0 amide bonds. The van der Waals surface area contributed by atoms with Crippen LogP contribution in [-0.4, -0.2) is 70.3 Å². The molecule has 0 N–H and O–H groups in total. The first-order valence-electron chi connectivity index (χ1n) is 8.19. The molecule has 2 rings (SSSR count). The van der Waals surface area contributed by atoms with Crippen molar-refractivity contribution in [2.45, 2.75) is 24.3 Å². The molecule has 0 aromatic heterocycles. The fourth-order valence-corrected chi connectivity index (χ4v) is 3.49. The molecule has 24 heavy (non-hydrogen) atoms. The number of carbonyl (C=O) groups is 1. The summed E-state index contributed by atoms with van der Waals surface area (Å²) in [7, 11) is -1.72. The van der Waals surface area contributed by atoms with Crippen LogP contribution in [-0.2, 0) is 25.9 Å². The molecule has 7 heteroatoms. The van der Waals surface area contributed by atoms with Crippen molar-refractivity contribution in [1.29, 1.82) is 0 Å². The first kappa shape index (κ1) is 18.9. The summed E-state index contributed by atoms with van der Waals surface area (Å²) in [6, 6.07) is 7.11. The predicted octanol–water partition coefficient (Wildman–Crippen LogP) is 1.16.